The lowest BCUT2D eigenvalue weighted by Crippen LogP contribution is -2.29. The Morgan fingerprint density at radius 2 is 2.10 bits per heavy atom. The molecule has 0 spiro atoms. The molecule has 112 valence electrons. The van der Waals surface area contributed by atoms with Crippen molar-refractivity contribution in [1.82, 2.24) is 4.98 Å². The minimum absolute atomic E-state index is 0.361. The quantitative estimate of drug-likeness (QED) is 0.887. The second kappa shape index (κ2) is 6.54. The van der Waals surface area contributed by atoms with Crippen molar-refractivity contribution >= 4 is 15.9 Å². The summed E-state index contributed by atoms with van der Waals surface area (Å²) in [5.41, 5.74) is 0.216. The lowest BCUT2D eigenvalue weighted by Gasteiger charge is -2.27. The lowest BCUT2D eigenvalue weighted by atomic mass is 9.88. The Bertz CT molecular complexity index is 618. The number of benzene rings is 1. The predicted octanol–water partition coefficient (Wildman–Crippen LogP) is 3.83. The molecule has 3 nitrogen and oxygen atoms in total. The van der Waals surface area contributed by atoms with E-state index in [1.165, 1.54) is 12.1 Å². The molecule has 1 aromatic carbocycles. The van der Waals surface area contributed by atoms with Gasteiger partial charge >= 0.3 is 0 Å². The molecule has 0 radical (unpaired) electrons. The minimum Gasteiger partial charge on any atom is -0.497 e. The summed E-state index contributed by atoms with van der Waals surface area (Å²) in [7, 11) is 1.60. The van der Waals surface area contributed by atoms with Gasteiger partial charge in [-0.3, -0.25) is 4.98 Å². The van der Waals surface area contributed by atoms with Gasteiger partial charge < -0.3 is 9.84 Å². The molecule has 21 heavy (non-hydrogen) atoms. The molecule has 1 N–H and O–H groups in total. The van der Waals surface area contributed by atoms with Gasteiger partial charge in [0.05, 0.1) is 19.0 Å². The highest BCUT2D eigenvalue weighted by Crippen LogP contribution is 2.32. The lowest BCUT2D eigenvalue weighted by molar-refractivity contribution is 0.0280. The highest BCUT2D eigenvalue weighted by atomic mass is 79.9. The normalized spacial score (nSPS) is 13.8. The first kappa shape index (κ1) is 15.9. The van der Waals surface area contributed by atoms with Crippen LogP contribution in [0.25, 0.3) is 0 Å². The molecule has 1 heterocycles. The van der Waals surface area contributed by atoms with Crippen LogP contribution in [-0.2, 0) is 12.0 Å². The Kier molecular flexibility index (Phi) is 4.96. The Morgan fingerprint density at radius 3 is 2.67 bits per heavy atom. The van der Waals surface area contributed by atoms with E-state index in [0.29, 0.717) is 18.5 Å². The van der Waals surface area contributed by atoms with E-state index in [9.17, 15) is 9.50 Å². The molecule has 0 bridgehead atoms. The molecule has 0 saturated carbocycles. The molecule has 0 saturated heterocycles. The van der Waals surface area contributed by atoms with E-state index in [1.807, 2.05) is 25.1 Å². The molecule has 0 amide bonds. The van der Waals surface area contributed by atoms with E-state index in [-0.39, 0.29) is 0 Å². The number of nitrogens with zero attached hydrogens (tertiary/aromatic N) is 1. The summed E-state index contributed by atoms with van der Waals surface area (Å²) in [5.74, 6) is 0.304. The van der Waals surface area contributed by atoms with Gasteiger partial charge in [0.25, 0.3) is 0 Å². The summed E-state index contributed by atoms with van der Waals surface area (Å²) in [6.45, 7) is 1.87. The fraction of sp³-hybridized carbons (Fsp3) is 0.312. The molecule has 1 aromatic heterocycles. The third-order valence-corrected chi connectivity index (χ3v) is 4.30. The van der Waals surface area contributed by atoms with Crippen LogP contribution >= 0.6 is 15.9 Å². The van der Waals surface area contributed by atoms with Crippen molar-refractivity contribution in [3.8, 4) is 5.75 Å². The first-order chi connectivity index (χ1) is 9.98. The summed E-state index contributed by atoms with van der Waals surface area (Å²) in [6.07, 6.45) is 1.95. The van der Waals surface area contributed by atoms with Gasteiger partial charge in [-0.1, -0.05) is 22.9 Å². The topological polar surface area (TPSA) is 42.4 Å². The Balaban J connectivity index is 2.35. The van der Waals surface area contributed by atoms with E-state index < -0.39 is 11.4 Å². The number of pyridine rings is 1. The number of aromatic nitrogens is 1. The average molecular weight is 354 g/mol. The second-order valence-electron chi connectivity index (χ2n) is 4.88. The highest BCUT2D eigenvalue weighted by molar-refractivity contribution is 9.10. The summed E-state index contributed by atoms with van der Waals surface area (Å²) in [5, 5.41) is 10.9. The smallest absolute Gasteiger partial charge is 0.141 e. The molecular formula is C16H17BrFNO2. The molecule has 0 aliphatic heterocycles. The maximum absolute atomic E-state index is 13.0. The summed E-state index contributed by atoms with van der Waals surface area (Å²) < 4.78 is 19.1. The fourth-order valence-electron chi connectivity index (χ4n) is 2.18. The molecular weight excluding hydrogens is 337 g/mol. The molecule has 0 aliphatic carbocycles. The third kappa shape index (κ3) is 3.60. The van der Waals surface area contributed by atoms with Crippen LogP contribution in [0.15, 0.2) is 41.0 Å². The van der Waals surface area contributed by atoms with E-state index in [1.54, 1.807) is 7.11 Å². The fourth-order valence-corrected chi connectivity index (χ4v) is 2.56. The van der Waals surface area contributed by atoms with Crippen molar-refractivity contribution < 1.29 is 14.2 Å². The molecule has 5 heteroatoms. The van der Waals surface area contributed by atoms with Gasteiger partial charge in [0.1, 0.15) is 17.2 Å². The molecule has 0 fully saturated rings. The monoisotopic (exact) mass is 353 g/mol. The number of hydrogen-bond acceptors (Lipinski definition) is 3. The van der Waals surface area contributed by atoms with Gasteiger partial charge in [-0.05, 0) is 42.3 Å². The number of rotatable bonds is 5. The van der Waals surface area contributed by atoms with Crippen LogP contribution in [0.5, 0.6) is 5.75 Å². The number of hydrogen-bond donors (Lipinski definition) is 1. The highest BCUT2D eigenvalue weighted by Gasteiger charge is 2.30. The Hall–Kier alpha value is -1.46. The zero-order valence-corrected chi connectivity index (χ0v) is 13.5. The van der Waals surface area contributed by atoms with Crippen molar-refractivity contribution in [2.75, 3.05) is 7.11 Å². The van der Waals surface area contributed by atoms with Crippen LogP contribution in [0.4, 0.5) is 4.39 Å². The van der Waals surface area contributed by atoms with Gasteiger partial charge in [-0.15, -0.1) is 0 Å². The Labute approximate surface area is 131 Å². The van der Waals surface area contributed by atoms with Crippen molar-refractivity contribution in [2.45, 2.75) is 25.4 Å². The zero-order valence-electron chi connectivity index (χ0n) is 11.9. The van der Waals surface area contributed by atoms with Crippen LogP contribution < -0.4 is 4.74 Å². The molecule has 0 aliphatic rings. The van der Waals surface area contributed by atoms with Crippen LogP contribution in [-0.4, -0.2) is 17.2 Å². The SMILES string of the molecule is CCC(O)(Cc1cc(OC)ccc1Br)c1ccc(F)cn1. The summed E-state index contributed by atoms with van der Waals surface area (Å²) in [4.78, 5) is 4.02. The maximum Gasteiger partial charge on any atom is 0.141 e. The zero-order chi connectivity index (χ0) is 15.5. The Morgan fingerprint density at radius 1 is 1.33 bits per heavy atom. The second-order valence-corrected chi connectivity index (χ2v) is 5.74. The third-order valence-electron chi connectivity index (χ3n) is 3.52. The van der Waals surface area contributed by atoms with Crippen LogP contribution in [0, 0.1) is 5.82 Å². The molecule has 2 aromatic rings. The number of methoxy groups -OCH3 is 1. The number of halogens is 2. The average Bonchev–Trinajstić information content (AvgIpc) is 2.50. The first-order valence-corrected chi connectivity index (χ1v) is 7.44. The molecule has 1 unspecified atom stereocenters. The van der Waals surface area contributed by atoms with E-state index in [4.69, 9.17) is 4.74 Å². The van der Waals surface area contributed by atoms with Gasteiger partial charge in [0.15, 0.2) is 0 Å². The molecule has 2 rings (SSSR count). The first-order valence-electron chi connectivity index (χ1n) is 6.65. The largest absolute Gasteiger partial charge is 0.497 e. The van der Waals surface area contributed by atoms with Crippen molar-refractivity contribution in [3.63, 3.8) is 0 Å². The van der Waals surface area contributed by atoms with Gasteiger partial charge in [-0.25, -0.2) is 4.39 Å². The number of aliphatic hydroxyl groups is 1. The standard InChI is InChI=1S/C16H17BrFNO2/c1-3-16(20,15-7-4-12(18)10-19-15)9-11-8-13(21-2)5-6-14(11)17/h4-8,10,20H,3,9H2,1-2H3. The van der Waals surface area contributed by atoms with Crippen molar-refractivity contribution in [2.24, 2.45) is 0 Å². The minimum atomic E-state index is -1.15. The van der Waals surface area contributed by atoms with E-state index in [2.05, 4.69) is 20.9 Å². The van der Waals surface area contributed by atoms with Gasteiger partial charge in [-0.2, -0.15) is 0 Å². The van der Waals surface area contributed by atoms with Crippen LogP contribution in [0.2, 0.25) is 0 Å². The summed E-state index contributed by atoms with van der Waals surface area (Å²) >= 11 is 3.48. The van der Waals surface area contributed by atoms with E-state index >= 15 is 0 Å². The molecule has 1 atom stereocenters. The van der Waals surface area contributed by atoms with Crippen LogP contribution in [0.3, 0.4) is 0 Å². The predicted molar refractivity (Wildman–Crippen MR) is 82.8 cm³/mol. The van der Waals surface area contributed by atoms with E-state index in [0.717, 1.165) is 22.0 Å². The maximum atomic E-state index is 13.0. The number of ether oxygens (including phenoxy) is 1. The van der Waals surface area contributed by atoms with Gasteiger partial charge in [0, 0.05) is 10.9 Å². The van der Waals surface area contributed by atoms with Crippen molar-refractivity contribution in [3.05, 3.63) is 58.1 Å². The summed E-state index contributed by atoms with van der Waals surface area (Å²) in [6, 6.07) is 8.42. The van der Waals surface area contributed by atoms with Gasteiger partial charge in [0.2, 0.25) is 0 Å². The van der Waals surface area contributed by atoms with Crippen molar-refractivity contribution in [1.29, 1.82) is 0 Å². The van der Waals surface area contributed by atoms with Crippen LogP contribution in [0.1, 0.15) is 24.6 Å².